The number of hydrogen-bond donors (Lipinski definition) is 7. The molecule has 0 aliphatic carbocycles. The number of unbranched alkanes of at least 4 members (excludes halogenated alkanes) is 1. The standard InChI is InChI=1S/C28H44N6O6.C12H22N4O.C2H6.CH5N.CH4O/c1-8-13-34(16-18(4)35)28(40)24(15-22-9-11-29-12-10-22)33-26(38)20(6)31-27(39)23(14-17(2)3)32-25(37)19(5)30-21(7)36;1-4-13-12(17)10(2)7-5-6-8-16-9-11(3)14-15-16;3*1-2/h9-12,17,19-20,23-24H,8,13-16H2,1-7H3,(H,30,36)(H,31,39)(H,32,37)(H,33,38);9-10H,4-8H2,1-3H3,(H,13,17);1-2H3;2H2,1H3;2H,1H3. The van der Waals surface area contributed by atoms with E-state index in [4.69, 9.17) is 5.11 Å². The number of carbonyl (C=O) groups excluding carboxylic acids is 7. The van der Waals surface area contributed by atoms with Crippen LogP contribution in [0.5, 0.6) is 0 Å². The highest BCUT2D eigenvalue weighted by Gasteiger charge is 2.31. The fraction of sp³-hybridized carbons (Fsp3) is 0.682. The summed E-state index contributed by atoms with van der Waals surface area (Å²) in [6.07, 6.45) is 9.20. The van der Waals surface area contributed by atoms with E-state index in [0.717, 1.165) is 44.2 Å². The Bertz CT molecular complexity index is 1590. The second kappa shape index (κ2) is 37.3. The third-order valence-electron chi connectivity index (χ3n) is 8.65. The lowest BCUT2D eigenvalue weighted by Gasteiger charge is -2.28. The summed E-state index contributed by atoms with van der Waals surface area (Å²) in [6, 6.07) is -0.343. The summed E-state index contributed by atoms with van der Waals surface area (Å²) in [6.45, 7) is 23.0. The van der Waals surface area contributed by atoms with Crippen LogP contribution in [0.2, 0.25) is 0 Å². The van der Waals surface area contributed by atoms with Crippen molar-refractivity contribution in [1.82, 2.24) is 51.5 Å². The molecular weight excluding hydrogens is 811 g/mol. The number of hydrogen-bond acceptors (Lipinski definition) is 12. The minimum absolute atomic E-state index is 0.0458. The van der Waals surface area contributed by atoms with Gasteiger partial charge in [-0.1, -0.05) is 53.2 Å². The largest absolute Gasteiger partial charge is 0.400 e. The Kier molecular flexibility index (Phi) is 36.7. The molecule has 0 aromatic carbocycles. The van der Waals surface area contributed by atoms with Crippen LogP contribution in [0, 0.1) is 18.8 Å². The van der Waals surface area contributed by atoms with Crippen LogP contribution in [0.15, 0.2) is 30.7 Å². The summed E-state index contributed by atoms with van der Waals surface area (Å²) >= 11 is 0. The average molecular weight is 892 g/mol. The van der Waals surface area contributed by atoms with Gasteiger partial charge >= 0.3 is 0 Å². The van der Waals surface area contributed by atoms with E-state index < -0.39 is 47.8 Å². The van der Waals surface area contributed by atoms with Gasteiger partial charge in [-0.05, 0) is 91.0 Å². The molecular formula is C44H81N11O8. The molecule has 2 heterocycles. The number of carbonyl (C=O) groups is 7. The Morgan fingerprint density at radius 1 is 0.794 bits per heavy atom. The van der Waals surface area contributed by atoms with Gasteiger partial charge in [0.05, 0.1) is 12.2 Å². The number of aryl methyl sites for hydroxylation is 2. The minimum atomic E-state index is -1.04. The fourth-order valence-corrected chi connectivity index (χ4v) is 5.74. The van der Waals surface area contributed by atoms with Crippen LogP contribution >= 0.6 is 0 Å². The highest BCUT2D eigenvalue weighted by Crippen LogP contribution is 2.10. The smallest absolute Gasteiger partial charge is 0.245 e. The molecule has 8 N–H and O–H groups in total. The Labute approximate surface area is 376 Å². The van der Waals surface area contributed by atoms with Gasteiger partial charge in [0.2, 0.25) is 35.4 Å². The lowest BCUT2D eigenvalue weighted by molar-refractivity contribution is -0.139. The normalized spacial score (nSPS) is 12.4. The summed E-state index contributed by atoms with van der Waals surface area (Å²) in [7, 11) is 2.50. The van der Waals surface area contributed by atoms with E-state index in [1.165, 1.54) is 39.6 Å². The summed E-state index contributed by atoms with van der Waals surface area (Å²) in [5, 5.41) is 28.2. The van der Waals surface area contributed by atoms with Gasteiger partial charge in [-0.25, -0.2) is 0 Å². The molecule has 63 heavy (non-hydrogen) atoms. The molecule has 19 nitrogen and oxygen atoms in total. The molecule has 5 unspecified atom stereocenters. The van der Waals surface area contributed by atoms with Crippen LogP contribution in [0.1, 0.15) is 120 Å². The molecule has 6 amide bonds. The molecule has 0 fully saturated rings. The number of pyridine rings is 1. The van der Waals surface area contributed by atoms with Crippen LogP contribution in [-0.4, -0.2) is 129 Å². The maximum atomic E-state index is 13.4. The zero-order chi connectivity index (χ0) is 49.1. The average Bonchev–Trinajstić information content (AvgIpc) is 3.67. The second-order valence-electron chi connectivity index (χ2n) is 14.8. The molecule has 2 rings (SSSR count). The summed E-state index contributed by atoms with van der Waals surface area (Å²) in [4.78, 5) is 92.2. The van der Waals surface area contributed by atoms with Crippen LogP contribution in [0.4, 0.5) is 0 Å². The highest BCUT2D eigenvalue weighted by molar-refractivity contribution is 5.95. The monoisotopic (exact) mass is 892 g/mol. The summed E-state index contributed by atoms with van der Waals surface area (Å²) in [5.41, 5.74) is 6.21. The number of nitrogens with one attached hydrogen (secondary N) is 5. The van der Waals surface area contributed by atoms with E-state index >= 15 is 0 Å². The van der Waals surface area contributed by atoms with Crippen molar-refractivity contribution in [3.05, 3.63) is 42.0 Å². The first-order valence-electron chi connectivity index (χ1n) is 21.9. The number of rotatable bonds is 23. The van der Waals surface area contributed by atoms with E-state index in [0.29, 0.717) is 25.9 Å². The number of Topliss-reactive ketones (excluding diaryl/α,β-unsaturated/α-hetero) is 1. The van der Waals surface area contributed by atoms with E-state index in [-0.39, 0.29) is 42.4 Å². The third-order valence-corrected chi connectivity index (χ3v) is 8.65. The van der Waals surface area contributed by atoms with E-state index in [1.54, 1.807) is 24.5 Å². The molecule has 2 aromatic heterocycles. The van der Waals surface area contributed by atoms with Crippen molar-refractivity contribution in [2.24, 2.45) is 17.6 Å². The fourth-order valence-electron chi connectivity index (χ4n) is 5.74. The molecule has 0 aliphatic heterocycles. The Balaban J connectivity index is -0.00000129. The van der Waals surface area contributed by atoms with Gasteiger partial charge in [0.15, 0.2) is 0 Å². The van der Waals surface area contributed by atoms with Gasteiger partial charge < -0.3 is 42.3 Å². The first kappa shape index (κ1) is 62.0. The number of aromatic nitrogens is 4. The molecule has 0 spiro atoms. The van der Waals surface area contributed by atoms with E-state index in [2.05, 4.69) is 47.6 Å². The van der Waals surface area contributed by atoms with Gasteiger partial charge in [-0.15, -0.1) is 5.10 Å². The molecule has 2 aromatic rings. The number of nitrogens with two attached hydrogens (primary N) is 1. The van der Waals surface area contributed by atoms with Gasteiger partial charge in [0, 0.05) is 64.6 Å². The van der Waals surface area contributed by atoms with Crippen LogP contribution in [0.3, 0.4) is 0 Å². The Hall–Kier alpha value is -5.30. The zero-order valence-corrected chi connectivity index (χ0v) is 40.5. The zero-order valence-electron chi connectivity index (χ0n) is 40.5. The highest BCUT2D eigenvalue weighted by atomic mass is 16.2. The van der Waals surface area contributed by atoms with E-state index in [1.807, 2.05) is 66.3 Å². The molecule has 0 aliphatic rings. The molecule has 0 saturated heterocycles. The summed E-state index contributed by atoms with van der Waals surface area (Å²) in [5.74, 6) is -2.35. The van der Waals surface area contributed by atoms with Gasteiger partial charge in [-0.2, -0.15) is 0 Å². The van der Waals surface area contributed by atoms with Crippen LogP contribution in [-0.2, 0) is 46.5 Å². The maximum Gasteiger partial charge on any atom is 0.245 e. The lowest BCUT2D eigenvalue weighted by Crippen LogP contribution is -2.58. The molecule has 5 atom stereocenters. The quantitative estimate of drug-likeness (QED) is 0.0792. The molecule has 0 radical (unpaired) electrons. The van der Waals surface area contributed by atoms with Crippen molar-refractivity contribution in [1.29, 1.82) is 0 Å². The third kappa shape index (κ3) is 28.8. The number of aliphatic hydroxyl groups is 1. The maximum absolute atomic E-state index is 13.4. The topological polar surface area (TPSA) is 273 Å². The van der Waals surface area contributed by atoms with Crippen molar-refractivity contribution in [2.75, 3.05) is 33.8 Å². The Morgan fingerprint density at radius 2 is 1.35 bits per heavy atom. The first-order valence-corrected chi connectivity index (χ1v) is 21.9. The molecule has 360 valence electrons. The minimum Gasteiger partial charge on any atom is -0.400 e. The number of amides is 6. The first-order chi connectivity index (χ1) is 29.9. The summed E-state index contributed by atoms with van der Waals surface area (Å²) < 4.78 is 1.85. The lowest BCUT2D eigenvalue weighted by atomic mass is 10.0. The van der Waals surface area contributed by atoms with Crippen LogP contribution in [0.25, 0.3) is 0 Å². The van der Waals surface area contributed by atoms with E-state index in [9.17, 15) is 33.6 Å². The van der Waals surface area contributed by atoms with Crippen molar-refractivity contribution >= 4 is 41.2 Å². The second-order valence-corrected chi connectivity index (χ2v) is 14.8. The predicted molar refractivity (Wildman–Crippen MR) is 246 cm³/mol. The van der Waals surface area contributed by atoms with Crippen molar-refractivity contribution in [2.45, 2.75) is 152 Å². The number of ketones is 1. The van der Waals surface area contributed by atoms with Gasteiger partial charge in [0.1, 0.15) is 30.0 Å². The van der Waals surface area contributed by atoms with Crippen LogP contribution < -0.4 is 32.3 Å². The molecule has 0 bridgehead atoms. The van der Waals surface area contributed by atoms with Gasteiger partial charge in [-0.3, -0.25) is 43.2 Å². The van der Waals surface area contributed by atoms with Crippen molar-refractivity contribution in [3.63, 3.8) is 0 Å². The number of nitrogens with zero attached hydrogens (tertiary/aromatic N) is 5. The van der Waals surface area contributed by atoms with Crippen molar-refractivity contribution < 1.29 is 38.7 Å². The molecule has 19 heteroatoms. The Morgan fingerprint density at radius 3 is 1.83 bits per heavy atom. The van der Waals surface area contributed by atoms with Crippen molar-refractivity contribution in [3.8, 4) is 0 Å². The van der Waals surface area contributed by atoms with Gasteiger partial charge in [0.25, 0.3) is 0 Å². The molecule has 0 saturated carbocycles. The SMILES string of the molecule is CC.CCCN(CC(C)=O)C(=O)C(Cc1ccncc1)NC(=O)C(C)NC(=O)C(CC(C)C)NC(=O)C(C)NC(C)=O.CCNC(=O)C(C)CCCCn1cc(C)nn1.CN.CO. The number of aliphatic hydroxyl groups excluding tert-OH is 1. The predicted octanol–water partition coefficient (Wildman–Crippen LogP) is 2.24.